The zero-order valence-electron chi connectivity index (χ0n) is 9.21. The Hall–Kier alpha value is -0.870. The zero-order chi connectivity index (χ0) is 11.0. The van der Waals surface area contributed by atoms with E-state index in [0.717, 1.165) is 6.54 Å². The summed E-state index contributed by atoms with van der Waals surface area (Å²) >= 11 is 0. The van der Waals surface area contributed by atoms with Gasteiger partial charge in [-0.25, -0.2) is 4.79 Å². The van der Waals surface area contributed by atoms with Crippen LogP contribution in [0.3, 0.4) is 0 Å². The van der Waals surface area contributed by atoms with Crippen molar-refractivity contribution in [2.75, 3.05) is 40.5 Å². The molecule has 0 radical (unpaired) electrons. The first-order valence-corrected chi connectivity index (χ1v) is 4.64. The van der Waals surface area contributed by atoms with Crippen molar-refractivity contribution in [3.05, 3.63) is 12.2 Å². The summed E-state index contributed by atoms with van der Waals surface area (Å²) in [6, 6.07) is 0. The number of hydrogen-bond acceptors (Lipinski definition) is 4. The summed E-state index contributed by atoms with van der Waals surface area (Å²) in [4.78, 5) is 13.1. The lowest BCUT2D eigenvalue weighted by atomic mass is 10.3. The molecule has 0 aliphatic rings. The zero-order valence-corrected chi connectivity index (χ0v) is 9.21. The fourth-order valence-electron chi connectivity index (χ4n) is 0.950. The molecule has 0 aliphatic heterocycles. The lowest BCUT2D eigenvalue weighted by Crippen LogP contribution is -2.27. The standard InChI is InChI=1S/C10H19NO3/c1-5-14-10(12)9(2)8-11(3)6-7-13-4/h2,5-8H2,1,3-4H3. The molecule has 0 spiro atoms. The van der Waals surface area contributed by atoms with Gasteiger partial charge in [-0.15, -0.1) is 0 Å². The van der Waals surface area contributed by atoms with Crippen LogP contribution < -0.4 is 0 Å². The molecule has 4 nitrogen and oxygen atoms in total. The Morgan fingerprint density at radius 2 is 2.14 bits per heavy atom. The van der Waals surface area contributed by atoms with E-state index >= 15 is 0 Å². The maximum Gasteiger partial charge on any atom is 0.334 e. The van der Waals surface area contributed by atoms with Crippen molar-refractivity contribution in [2.24, 2.45) is 0 Å². The highest BCUT2D eigenvalue weighted by Crippen LogP contribution is 1.97. The van der Waals surface area contributed by atoms with E-state index in [1.165, 1.54) is 0 Å². The van der Waals surface area contributed by atoms with E-state index in [4.69, 9.17) is 9.47 Å². The largest absolute Gasteiger partial charge is 0.463 e. The molecular weight excluding hydrogens is 182 g/mol. The lowest BCUT2D eigenvalue weighted by molar-refractivity contribution is -0.138. The van der Waals surface area contributed by atoms with E-state index in [9.17, 15) is 4.79 Å². The number of rotatable bonds is 7. The van der Waals surface area contributed by atoms with Crippen LogP contribution in [0, 0.1) is 0 Å². The highest BCUT2D eigenvalue weighted by Gasteiger charge is 2.09. The Morgan fingerprint density at radius 3 is 2.64 bits per heavy atom. The van der Waals surface area contributed by atoms with Crippen molar-refractivity contribution in [1.82, 2.24) is 4.90 Å². The van der Waals surface area contributed by atoms with Crippen LogP contribution >= 0.6 is 0 Å². The predicted octanol–water partition coefficient (Wildman–Crippen LogP) is 0.684. The van der Waals surface area contributed by atoms with Crippen LogP contribution in [0.4, 0.5) is 0 Å². The van der Waals surface area contributed by atoms with Gasteiger partial charge in [-0.3, -0.25) is 4.90 Å². The molecule has 0 aromatic rings. The fourth-order valence-corrected chi connectivity index (χ4v) is 0.950. The van der Waals surface area contributed by atoms with Crippen LogP contribution in [0.25, 0.3) is 0 Å². The molecule has 0 heterocycles. The van der Waals surface area contributed by atoms with Gasteiger partial charge in [0, 0.05) is 25.8 Å². The molecular formula is C10H19NO3. The van der Waals surface area contributed by atoms with E-state index in [1.54, 1.807) is 14.0 Å². The number of hydrogen-bond donors (Lipinski definition) is 0. The molecule has 0 aromatic heterocycles. The molecule has 0 unspecified atom stereocenters. The van der Waals surface area contributed by atoms with Gasteiger partial charge < -0.3 is 9.47 Å². The van der Waals surface area contributed by atoms with Gasteiger partial charge in [-0.1, -0.05) is 6.58 Å². The first-order chi connectivity index (χ1) is 6.61. The highest BCUT2D eigenvalue weighted by atomic mass is 16.5. The molecule has 0 bridgehead atoms. The minimum atomic E-state index is -0.322. The maximum absolute atomic E-state index is 11.2. The van der Waals surface area contributed by atoms with Crippen LogP contribution in [0.1, 0.15) is 6.92 Å². The Bertz CT molecular complexity index is 192. The van der Waals surface area contributed by atoms with Crippen LogP contribution in [0.5, 0.6) is 0 Å². The third-order valence-electron chi connectivity index (χ3n) is 1.70. The molecule has 14 heavy (non-hydrogen) atoms. The van der Waals surface area contributed by atoms with Crippen molar-refractivity contribution in [1.29, 1.82) is 0 Å². The molecule has 0 amide bonds. The minimum Gasteiger partial charge on any atom is -0.463 e. The smallest absolute Gasteiger partial charge is 0.334 e. The summed E-state index contributed by atoms with van der Waals surface area (Å²) < 4.78 is 9.73. The van der Waals surface area contributed by atoms with E-state index in [1.807, 2.05) is 11.9 Å². The fraction of sp³-hybridized carbons (Fsp3) is 0.700. The molecule has 82 valence electrons. The van der Waals surface area contributed by atoms with Gasteiger partial charge in [0.15, 0.2) is 0 Å². The number of methoxy groups -OCH3 is 1. The van der Waals surface area contributed by atoms with Crippen LogP contribution in [0.15, 0.2) is 12.2 Å². The number of ether oxygens (including phenoxy) is 2. The van der Waals surface area contributed by atoms with Crippen molar-refractivity contribution < 1.29 is 14.3 Å². The number of esters is 1. The molecule has 0 saturated heterocycles. The predicted molar refractivity (Wildman–Crippen MR) is 55.1 cm³/mol. The van der Waals surface area contributed by atoms with Crippen molar-refractivity contribution >= 4 is 5.97 Å². The first kappa shape index (κ1) is 13.1. The van der Waals surface area contributed by atoms with E-state index in [-0.39, 0.29) is 5.97 Å². The second-order valence-electron chi connectivity index (χ2n) is 3.05. The summed E-state index contributed by atoms with van der Waals surface area (Å²) in [5.74, 6) is -0.322. The average molecular weight is 201 g/mol. The number of nitrogens with zero attached hydrogens (tertiary/aromatic N) is 1. The Labute approximate surface area is 85.5 Å². The molecule has 0 aromatic carbocycles. The first-order valence-electron chi connectivity index (χ1n) is 4.64. The van der Waals surface area contributed by atoms with Crippen LogP contribution in [-0.4, -0.2) is 51.3 Å². The monoisotopic (exact) mass is 201 g/mol. The Kier molecular flexibility index (Phi) is 7.06. The van der Waals surface area contributed by atoms with Gasteiger partial charge in [-0.2, -0.15) is 0 Å². The SMILES string of the molecule is C=C(CN(C)CCOC)C(=O)OCC. The minimum absolute atomic E-state index is 0.322. The lowest BCUT2D eigenvalue weighted by Gasteiger charge is -2.16. The molecule has 0 aliphatic carbocycles. The number of likely N-dealkylation sites (N-methyl/N-ethyl adjacent to an activating group) is 1. The van der Waals surface area contributed by atoms with Gasteiger partial charge in [0.2, 0.25) is 0 Å². The van der Waals surface area contributed by atoms with E-state index < -0.39 is 0 Å². The highest BCUT2D eigenvalue weighted by molar-refractivity contribution is 5.88. The number of carbonyl (C=O) groups is 1. The molecule has 4 heteroatoms. The summed E-state index contributed by atoms with van der Waals surface area (Å²) in [7, 11) is 3.55. The molecule has 0 saturated carbocycles. The summed E-state index contributed by atoms with van der Waals surface area (Å²) in [6.45, 7) is 7.76. The Morgan fingerprint density at radius 1 is 1.50 bits per heavy atom. The topological polar surface area (TPSA) is 38.8 Å². The average Bonchev–Trinajstić information content (AvgIpc) is 2.15. The second kappa shape index (κ2) is 7.53. The molecule has 0 rings (SSSR count). The summed E-state index contributed by atoms with van der Waals surface area (Å²) in [5, 5.41) is 0. The van der Waals surface area contributed by atoms with Crippen LogP contribution in [0.2, 0.25) is 0 Å². The molecule has 0 fully saturated rings. The third-order valence-corrected chi connectivity index (χ3v) is 1.70. The Balaban J connectivity index is 3.75. The van der Waals surface area contributed by atoms with Gasteiger partial charge in [0.1, 0.15) is 0 Å². The molecule has 0 N–H and O–H groups in total. The van der Waals surface area contributed by atoms with Crippen molar-refractivity contribution in [2.45, 2.75) is 6.92 Å². The molecule has 0 atom stereocenters. The summed E-state index contributed by atoms with van der Waals surface area (Å²) in [5.41, 5.74) is 0.477. The van der Waals surface area contributed by atoms with Gasteiger partial charge in [0.05, 0.1) is 13.2 Å². The normalized spacial score (nSPS) is 10.3. The van der Waals surface area contributed by atoms with Crippen molar-refractivity contribution in [3.8, 4) is 0 Å². The van der Waals surface area contributed by atoms with Gasteiger partial charge >= 0.3 is 5.97 Å². The number of carbonyl (C=O) groups excluding carboxylic acids is 1. The van der Waals surface area contributed by atoms with Crippen LogP contribution in [-0.2, 0) is 14.3 Å². The quantitative estimate of drug-likeness (QED) is 0.448. The summed E-state index contributed by atoms with van der Waals surface area (Å²) in [6.07, 6.45) is 0. The third kappa shape index (κ3) is 5.72. The van der Waals surface area contributed by atoms with Crippen molar-refractivity contribution in [3.63, 3.8) is 0 Å². The van der Waals surface area contributed by atoms with Gasteiger partial charge in [-0.05, 0) is 14.0 Å². The van der Waals surface area contributed by atoms with Gasteiger partial charge in [0.25, 0.3) is 0 Å². The van der Waals surface area contributed by atoms with E-state index in [0.29, 0.717) is 25.3 Å². The second-order valence-corrected chi connectivity index (χ2v) is 3.05. The van der Waals surface area contributed by atoms with E-state index in [2.05, 4.69) is 6.58 Å². The maximum atomic E-state index is 11.2.